The van der Waals surface area contributed by atoms with Gasteiger partial charge in [0, 0.05) is 45.7 Å². The van der Waals surface area contributed by atoms with Crippen molar-refractivity contribution in [3.05, 3.63) is 0 Å². The van der Waals surface area contributed by atoms with Gasteiger partial charge in [-0.3, -0.25) is 9.80 Å². The third-order valence-corrected chi connectivity index (χ3v) is 2.98. The Morgan fingerprint density at radius 2 is 1.87 bits per heavy atom. The van der Waals surface area contributed by atoms with E-state index in [9.17, 15) is 5.11 Å². The number of hydrogen-bond donors (Lipinski definition) is 1. The molecule has 1 atom stereocenters. The number of β-amino-alcohol motifs (C(OH)–C–C–N with tert-alkyl or cyclic N) is 1. The smallest absolute Gasteiger partial charge is 0.0664 e. The maximum atomic E-state index is 9.54. The van der Waals surface area contributed by atoms with Gasteiger partial charge in [0.15, 0.2) is 0 Å². The van der Waals surface area contributed by atoms with Crippen LogP contribution in [0.1, 0.15) is 19.8 Å². The van der Waals surface area contributed by atoms with Gasteiger partial charge in [-0.1, -0.05) is 6.92 Å². The Morgan fingerprint density at radius 3 is 2.40 bits per heavy atom. The second-order valence-corrected chi connectivity index (χ2v) is 4.16. The molecule has 0 radical (unpaired) electrons. The number of aliphatic hydroxyl groups is 1. The molecule has 1 saturated heterocycles. The minimum absolute atomic E-state index is 0.165. The Bertz CT molecular complexity index is 204. The molecular weight excluding hydrogens is 188 g/mol. The van der Waals surface area contributed by atoms with E-state index in [1.165, 1.54) is 0 Å². The summed E-state index contributed by atoms with van der Waals surface area (Å²) in [4.78, 5) is 4.73. The first-order valence-corrected chi connectivity index (χ1v) is 5.82. The zero-order chi connectivity index (χ0) is 11.1. The molecule has 0 aromatic heterocycles. The highest BCUT2D eigenvalue weighted by molar-refractivity contribution is 4.85. The second kappa shape index (κ2) is 6.84. The van der Waals surface area contributed by atoms with Crippen LogP contribution in [0.2, 0.25) is 0 Å². The first kappa shape index (κ1) is 12.5. The maximum Gasteiger partial charge on any atom is 0.0664 e. The fourth-order valence-electron chi connectivity index (χ4n) is 1.85. The van der Waals surface area contributed by atoms with Crippen LogP contribution in [-0.4, -0.2) is 60.3 Å². The van der Waals surface area contributed by atoms with Gasteiger partial charge in [-0.15, -0.1) is 12.3 Å². The largest absolute Gasteiger partial charge is 0.392 e. The summed E-state index contributed by atoms with van der Waals surface area (Å²) >= 11 is 0. The van der Waals surface area contributed by atoms with E-state index in [-0.39, 0.29) is 6.10 Å². The van der Waals surface area contributed by atoms with Gasteiger partial charge in [0.05, 0.1) is 6.10 Å². The summed E-state index contributed by atoms with van der Waals surface area (Å²) in [5.41, 5.74) is 0. The fourth-order valence-corrected chi connectivity index (χ4v) is 1.85. The van der Waals surface area contributed by atoms with Crippen molar-refractivity contribution in [3.8, 4) is 12.3 Å². The topological polar surface area (TPSA) is 26.7 Å². The number of hydrogen-bond acceptors (Lipinski definition) is 3. The average molecular weight is 210 g/mol. The minimum atomic E-state index is -0.165. The molecule has 15 heavy (non-hydrogen) atoms. The highest BCUT2D eigenvalue weighted by Crippen LogP contribution is 2.04. The lowest BCUT2D eigenvalue weighted by molar-refractivity contribution is 0.0718. The molecule has 0 amide bonds. The predicted octanol–water partition coefficient (Wildman–Crippen LogP) is 0.398. The molecule has 1 N–H and O–H groups in total. The van der Waals surface area contributed by atoms with Crippen LogP contribution in [0.4, 0.5) is 0 Å². The van der Waals surface area contributed by atoms with Crippen molar-refractivity contribution in [2.75, 3.05) is 39.3 Å². The molecule has 3 nitrogen and oxygen atoms in total. The molecule has 0 bridgehead atoms. The fraction of sp³-hybridized carbons (Fsp3) is 0.833. The second-order valence-electron chi connectivity index (χ2n) is 4.16. The van der Waals surface area contributed by atoms with Gasteiger partial charge in [0.1, 0.15) is 0 Å². The quantitative estimate of drug-likeness (QED) is 0.665. The number of terminal acetylenes is 1. The summed E-state index contributed by atoms with van der Waals surface area (Å²) in [6.45, 7) is 8.13. The van der Waals surface area contributed by atoms with Crippen LogP contribution < -0.4 is 0 Å². The van der Waals surface area contributed by atoms with E-state index in [2.05, 4.69) is 15.7 Å². The lowest BCUT2D eigenvalue weighted by Crippen LogP contribution is -2.48. The van der Waals surface area contributed by atoms with Gasteiger partial charge in [-0.2, -0.15) is 0 Å². The van der Waals surface area contributed by atoms with Gasteiger partial charge < -0.3 is 5.11 Å². The van der Waals surface area contributed by atoms with Crippen LogP contribution in [0.15, 0.2) is 0 Å². The summed E-state index contributed by atoms with van der Waals surface area (Å²) < 4.78 is 0. The van der Waals surface area contributed by atoms with E-state index in [4.69, 9.17) is 6.42 Å². The van der Waals surface area contributed by atoms with Crippen molar-refractivity contribution in [1.82, 2.24) is 9.80 Å². The molecule has 0 aromatic carbocycles. The molecule has 0 saturated carbocycles. The van der Waals surface area contributed by atoms with Crippen LogP contribution in [0.5, 0.6) is 0 Å². The first-order valence-electron chi connectivity index (χ1n) is 5.82. The lowest BCUT2D eigenvalue weighted by Gasteiger charge is -2.35. The molecule has 1 aliphatic heterocycles. The van der Waals surface area contributed by atoms with Crippen molar-refractivity contribution >= 4 is 0 Å². The number of nitrogens with zero attached hydrogens (tertiary/aromatic N) is 2. The summed E-state index contributed by atoms with van der Waals surface area (Å²) in [7, 11) is 0. The molecule has 86 valence electrons. The average Bonchev–Trinajstić information content (AvgIpc) is 2.28. The van der Waals surface area contributed by atoms with E-state index in [1.807, 2.05) is 6.92 Å². The van der Waals surface area contributed by atoms with Gasteiger partial charge in [0.25, 0.3) is 0 Å². The Labute approximate surface area is 93.1 Å². The standard InChI is InChI=1S/C12H22N2O/c1-3-5-6-13-7-9-14(10-8-13)11-12(15)4-2/h1,12,15H,4-11H2,2H3/t12-/m1/s1. The Kier molecular flexibility index (Phi) is 5.70. The van der Waals surface area contributed by atoms with Crippen molar-refractivity contribution in [3.63, 3.8) is 0 Å². The SMILES string of the molecule is C#CCCN1CCN(C[C@H](O)CC)CC1. The first-order chi connectivity index (χ1) is 7.26. The van der Waals surface area contributed by atoms with Crippen molar-refractivity contribution in [1.29, 1.82) is 0 Å². The van der Waals surface area contributed by atoms with E-state index >= 15 is 0 Å². The number of piperazine rings is 1. The minimum Gasteiger partial charge on any atom is -0.392 e. The summed E-state index contributed by atoms with van der Waals surface area (Å²) in [5, 5.41) is 9.54. The maximum absolute atomic E-state index is 9.54. The molecule has 0 spiro atoms. The van der Waals surface area contributed by atoms with Gasteiger partial charge in [-0.25, -0.2) is 0 Å². The molecule has 0 aliphatic carbocycles. The molecule has 0 aromatic rings. The van der Waals surface area contributed by atoms with E-state index < -0.39 is 0 Å². The molecule has 1 heterocycles. The van der Waals surface area contributed by atoms with Crippen molar-refractivity contribution < 1.29 is 5.11 Å². The van der Waals surface area contributed by atoms with E-state index in [0.717, 1.165) is 52.1 Å². The van der Waals surface area contributed by atoms with Crippen LogP contribution in [0, 0.1) is 12.3 Å². The lowest BCUT2D eigenvalue weighted by atomic mass is 10.2. The van der Waals surface area contributed by atoms with Crippen LogP contribution >= 0.6 is 0 Å². The third kappa shape index (κ3) is 4.65. The Balaban J connectivity index is 2.15. The van der Waals surface area contributed by atoms with Crippen LogP contribution in [0.3, 0.4) is 0 Å². The van der Waals surface area contributed by atoms with E-state index in [0.29, 0.717) is 0 Å². The van der Waals surface area contributed by atoms with E-state index in [1.54, 1.807) is 0 Å². The molecule has 1 aliphatic rings. The third-order valence-electron chi connectivity index (χ3n) is 2.98. The Morgan fingerprint density at radius 1 is 1.27 bits per heavy atom. The molecule has 1 rings (SSSR count). The Hall–Kier alpha value is -0.560. The van der Waals surface area contributed by atoms with Gasteiger partial charge in [-0.05, 0) is 6.42 Å². The molecule has 1 fully saturated rings. The zero-order valence-electron chi connectivity index (χ0n) is 9.65. The summed E-state index contributed by atoms with van der Waals surface area (Å²) in [6.07, 6.45) is 6.76. The molecular formula is C12H22N2O. The van der Waals surface area contributed by atoms with Crippen LogP contribution in [0.25, 0.3) is 0 Å². The number of rotatable bonds is 5. The molecule has 0 unspecified atom stereocenters. The highest BCUT2D eigenvalue weighted by Gasteiger charge is 2.17. The normalized spacial score (nSPS) is 21.1. The van der Waals surface area contributed by atoms with Crippen molar-refractivity contribution in [2.45, 2.75) is 25.9 Å². The summed E-state index contributed by atoms with van der Waals surface area (Å²) in [6, 6.07) is 0. The zero-order valence-corrected chi connectivity index (χ0v) is 9.65. The summed E-state index contributed by atoms with van der Waals surface area (Å²) in [5.74, 6) is 2.67. The predicted molar refractivity (Wildman–Crippen MR) is 62.6 cm³/mol. The number of aliphatic hydroxyl groups excluding tert-OH is 1. The van der Waals surface area contributed by atoms with Crippen molar-refractivity contribution in [2.24, 2.45) is 0 Å². The monoisotopic (exact) mass is 210 g/mol. The van der Waals surface area contributed by atoms with Gasteiger partial charge >= 0.3 is 0 Å². The molecule has 3 heteroatoms. The van der Waals surface area contributed by atoms with Crippen LogP contribution in [-0.2, 0) is 0 Å². The van der Waals surface area contributed by atoms with Gasteiger partial charge in [0.2, 0.25) is 0 Å². The highest BCUT2D eigenvalue weighted by atomic mass is 16.3.